The van der Waals surface area contributed by atoms with Gasteiger partial charge in [-0.1, -0.05) is 32.6 Å². The Morgan fingerprint density at radius 1 is 1.18 bits per heavy atom. The molecule has 0 atom stereocenters. The Kier molecular flexibility index (Phi) is 4.37. The summed E-state index contributed by atoms with van der Waals surface area (Å²) in [6.45, 7) is 3.07. The van der Waals surface area contributed by atoms with E-state index in [1.165, 1.54) is 25.7 Å². The van der Waals surface area contributed by atoms with Crippen molar-refractivity contribution in [3.05, 3.63) is 34.1 Å². The second-order valence-electron chi connectivity index (χ2n) is 4.43. The third kappa shape index (κ3) is 2.97. The van der Waals surface area contributed by atoms with E-state index in [4.69, 9.17) is 0 Å². The molecule has 0 unspecified atom stereocenters. The van der Waals surface area contributed by atoms with Crippen molar-refractivity contribution in [1.29, 1.82) is 0 Å². The van der Waals surface area contributed by atoms with Gasteiger partial charge in [0.1, 0.15) is 0 Å². The smallest absolute Gasteiger partial charge is 0.259 e. The van der Waals surface area contributed by atoms with Crippen molar-refractivity contribution in [2.45, 2.75) is 45.6 Å². The Bertz CT molecular complexity index is 526. The van der Waals surface area contributed by atoms with Crippen LogP contribution in [0.1, 0.15) is 39.0 Å². The molecule has 2 heterocycles. The van der Waals surface area contributed by atoms with Gasteiger partial charge < -0.3 is 4.57 Å². The molecule has 0 amide bonds. The Hall–Kier alpha value is -1.09. The van der Waals surface area contributed by atoms with E-state index in [0.717, 1.165) is 23.1 Å². The number of nitrogens with zero attached hydrogens (tertiary/aromatic N) is 1. The summed E-state index contributed by atoms with van der Waals surface area (Å²) in [6.07, 6.45) is 8.11. The maximum Gasteiger partial charge on any atom is 0.259 e. The molecule has 92 valence electrons. The molecule has 0 saturated heterocycles. The van der Waals surface area contributed by atoms with Crippen LogP contribution in [-0.2, 0) is 6.54 Å². The molecule has 2 aromatic heterocycles. The highest BCUT2D eigenvalue weighted by Crippen LogP contribution is 2.16. The lowest BCUT2D eigenvalue weighted by Crippen LogP contribution is -2.18. The number of aryl methyl sites for hydroxylation is 1. The van der Waals surface area contributed by atoms with Crippen LogP contribution in [-0.4, -0.2) is 4.57 Å². The van der Waals surface area contributed by atoms with Gasteiger partial charge in [0, 0.05) is 17.4 Å². The van der Waals surface area contributed by atoms with E-state index in [0.29, 0.717) is 0 Å². The van der Waals surface area contributed by atoms with Crippen molar-refractivity contribution in [1.82, 2.24) is 4.57 Å². The van der Waals surface area contributed by atoms with Crippen LogP contribution < -0.4 is 5.56 Å². The number of fused-ring (bicyclic) bond motifs is 1. The van der Waals surface area contributed by atoms with E-state index in [1.54, 1.807) is 11.3 Å². The molecule has 0 fully saturated rings. The molecule has 2 rings (SSSR count). The summed E-state index contributed by atoms with van der Waals surface area (Å²) in [5.74, 6) is 0. The molecule has 3 heteroatoms. The van der Waals surface area contributed by atoms with Crippen LogP contribution in [0, 0.1) is 0 Å². The van der Waals surface area contributed by atoms with Crippen LogP contribution in [0.15, 0.2) is 28.5 Å². The second-order valence-corrected chi connectivity index (χ2v) is 5.37. The van der Waals surface area contributed by atoms with Crippen molar-refractivity contribution in [3.8, 4) is 0 Å². The van der Waals surface area contributed by atoms with E-state index in [9.17, 15) is 4.79 Å². The van der Waals surface area contributed by atoms with Gasteiger partial charge in [0.05, 0.1) is 5.39 Å². The van der Waals surface area contributed by atoms with Crippen molar-refractivity contribution in [2.75, 3.05) is 0 Å². The molecular formula is C14H19NOS. The summed E-state index contributed by atoms with van der Waals surface area (Å²) in [6, 6.07) is 3.98. The van der Waals surface area contributed by atoms with E-state index in [-0.39, 0.29) is 5.56 Å². The maximum atomic E-state index is 12.1. The lowest BCUT2D eigenvalue weighted by Gasteiger charge is -2.05. The number of thiophene rings is 1. The van der Waals surface area contributed by atoms with Gasteiger partial charge in [0.2, 0.25) is 0 Å². The zero-order chi connectivity index (χ0) is 12.1. The Morgan fingerprint density at radius 2 is 2.00 bits per heavy atom. The number of pyridine rings is 1. The fourth-order valence-electron chi connectivity index (χ4n) is 2.07. The van der Waals surface area contributed by atoms with Crippen LogP contribution in [0.25, 0.3) is 10.1 Å². The summed E-state index contributed by atoms with van der Waals surface area (Å²) in [4.78, 5) is 12.1. The fourth-order valence-corrected chi connectivity index (χ4v) is 2.84. The van der Waals surface area contributed by atoms with Gasteiger partial charge in [-0.25, -0.2) is 0 Å². The third-order valence-corrected chi connectivity index (χ3v) is 3.98. The number of hydrogen-bond acceptors (Lipinski definition) is 2. The first-order chi connectivity index (χ1) is 8.33. The van der Waals surface area contributed by atoms with Crippen molar-refractivity contribution < 1.29 is 0 Å². The zero-order valence-electron chi connectivity index (χ0n) is 10.3. The van der Waals surface area contributed by atoms with Crippen LogP contribution in [0.5, 0.6) is 0 Å². The van der Waals surface area contributed by atoms with Gasteiger partial charge in [-0.15, -0.1) is 11.3 Å². The SMILES string of the molecule is CCCCCCCn1ccc2sccc2c1=O. The molecule has 0 aromatic carbocycles. The predicted octanol–water partition coefficient (Wildman–Crippen LogP) is 4.03. The molecule has 0 aliphatic heterocycles. The highest BCUT2D eigenvalue weighted by molar-refractivity contribution is 7.17. The first-order valence-corrected chi connectivity index (χ1v) is 7.27. The lowest BCUT2D eigenvalue weighted by molar-refractivity contribution is 0.560. The molecule has 0 bridgehead atoms. The largest absolute Gasteiger partial charge is 0.315 e. The Labute approximate surface area is 106 Å². The molecule has 0 saturated carbocycles. The second kappa shape index (κ2) is 6.01. The van der Waals surface area contributed by atoms with Crippen molar-refractivity contribution in [3.63, 3.8) is 0 Å². The molecule has 2 nitrogen and oxygen atoms in total. The first kappa shape index (κ1) is 12.4. The summed E-state index contributed by atoms with van der Waals surface area (Å²) in [5.41, 5.74) is 0.166. The van der Waals surface area contributed by atoms with Gasteiger partial charge in [-0.2, -0.15) is 0 Å². The first-order valence-electron chi connectivity index (χ1n) is 6.39. The average molecular weight is 249 g/mol. The van der Waals surface area contributed by atoms with Gasteiger partial charge >= 0.3 is 0 Å². The predicted molar refractivity (Wildman–Crippen MR) is 74.8 cm³/mol. The summed E-state index contributed by atoms with van der Waals surface area (Å²) < 4.78 is 2.94. The minimum absolute atomic E-state index is 0.166. The quantitative estimate of drug-likeness (QED) is 0.708. The molecule has 0 radical (unpaired) electrons. The maximum absolute atomic E-state index is 12.1. The standard InChI is InChI=1S/C14H19NOS/c1-2-3-4-5-6-9-15-10-7-13-12(14(15)16)8-11-17-13/h7-8,10-11H,2-6,9H2,1H3. The van der Waals surface area contributed by atoms with Crippen LogP contribution in [0.2, 0.25) is 0 Å². The summed E-state index contributed by atoms with van der Waals surface area (Å²) in [5, 5.41) is 2.85. The van der Waals surface area contributed by atoms with E-state index in [1.807, 2.05) is 28.3 Å². The number of unbranched alkanes of at least 4 members (excludes halogenated alkanes) is 4. The summed E-state index contributed by atoms with van der Waals surface area (Å²) in [7, 11) is 0. The number of aromatic nitrogens is 1. The van der Waals surface area contributed by atoms with E-state index in [2.05, 4.69) is 6.92 Å². The normalized spacial score (nSPS) is 11.1. The molecule has 0 aliphatic carbocycles. The highest BCUT2D eigenvalue weighted by atomic mass is 32.1. The number of rotatable bonds is 6. The topological polar surface area (TPSA) is 22.0 Å². The summed E-state index contributed by atoms with van der Waals surface area (Å²) >= 11 is 1.63. The Morgan fingerprint density at radius 3 is 2.82 bits per heavy atom. The average Bonchev–Trinajstić information content (AvgIpc) is 2.80. The Balaban J connectivity index is 1.99. The molecule has 2 aromatic rings. The molecule has 0 aliphatic rings. The third-order valence-electron chi connectivity index (χ3n) is 3.09. The lowest BCUT2D eigenvalue weighted by atomic mass is 10.1. The van der Waals surface area contributed by atoms with Crippen molar-refractivity contribution >= 4 is 21.4 Å². The monoisotopic (exact) mass is 249 g/mol. The van der Waals surface area contributed by atoms with Gasteiger partial charge in [0.15, 0.2) is 0 Å². The van der Waals surface area contributed by atoms with Crippen LogP contribution in [0.4, 0.5) is 0 Å². The van der Waals surface area contributed by atoms with Gasteiger partial charge in [0.25, 0.3) is 5.56 Å². The minimum atomic E-state index is 0.166. The molecular weight excluding hydrogens is 230 g/mol. The number of hydrogen-bond donors (Lipinski definition) is 0. The van der Waals surface area contributed by atoms with Crippen LogP contribution in [0.3, 0.4) is 0 Å². The zero-order valence-corrected chi connectivity index (χ0v) is 11.1. The molecule has 17 heavy (non-hydrogen) atoms. The van der Waals surface area contributed by atoms with Crippen molar-refractivity contribution in [2.24, 2.45) is 0 Å². The molecule has 0 N–H and O–H groups in total. The minimum Gasteiger partial charge on any atom is -0.315 e. The highest BCUT2D eigenvalue weighted by Gasteiger charge is 2.02. The fraction of sp³-hybridized carbons (Fsp3) is 0.500. The van der Waals surface area contributed by atoms with Gasteiger partial charge in [-0.3, -0.25) is 4.79 Å². The van der Waals surface area contributed by atoms with E-state index < -0.39 is 0 Å². The van der Waals surface area contributed by atoms with E-state index >= 15 is 0 Å². The van der Waals surface area contributed by atoms with Crippen LogP contribution >= 0.6 is 11.3 Å². The molecule has 0 spiro atoms. The van der Waals surface area contributed by atoms with Gasteiger partial charge in [-0.05, 0) is 23.9 Å².